The number of nitrogens with zero attached hydrogens (tertiary/aromatic N) is 3. The van der Waals surface area contributed by atoms with E-state index in [9.17, 15) is 13.2 Å². The third kappa shape index (κ3) is 5.26. The molecule has 0 unspecified atom stereocenters. The van der Waals surface area contributed by atoms with E-state index in [1.807, 2.05) is 0 Å². The monoisotopic (exact) mass is 434 g/mol. The van der Waals surface area contributed by atoms with Crippen molar-refractivity contribution in [2.75, 3.05) is 57.9 Å². The van der Waals surface area contributed by atoms with Crippen molar-refractivity contribution in [1.82, 2.24) is 15.2 Å². The summed E-state index contributed by atoms with van der Waals surface area (Å²) >= 11 is 0. The zero-order chi connectivity index (χ0) is 21.6. The molecule has 1 aliphatic heterocycles. The van der Waals surface area contributed by atoms with Gasteiger partial charge in [-0.25, -0.2) is 8.42 Å². The number of hydrogen-bond acceptors (Lipinski definition) is 7. The highest BCUT2D eigenvalue weighted by Gasteiger charge is 2.22. The van der Waals surface area contributed by atoms with Crippen molar-refractivity contribution in [3.8, 4) is 5.75 Å². The molecule has 9 nitrogen and oxygen atoms in total. The summed E-state index contributed by atoms with van der Waals surface area (Å²) in [4.78, 5) is 18.9. The minimum Gasteiger partial charge on any atom is -0.497 e. The van der Waals surface area contributed by atoms with Gasteiger partial charge < -0.3 is 14.8 Å². The van der Waals surface area contributed by atoms with Crippen LogP contribution < -0.4 is 14.4 Å². The molecule has 0 bridgehead atoms. The number of sulfonamides is 1. The van der Waals surface area contributed by atoms with Gasteiger partial charge in [0.25, 0.3) is 15.9 Å². The largest absolute Gasteiger partial charge is 0.497 e. The first-order chi connectivity index (χ1) is 14.4. The normalized spacial score (nSPS) is 14.9. The molecule has 1 aromatic carbocycles. The molecule has 10 heteroatoms. The molecule has 1 N–H and O–H groups in total. The van der Waals surface area contributed by atoms with Crippen LogP contribution in [-0.4, -0.2) is 77.8 Å². The number of ether oxygens (including phenoxy) is 2. The number of morpholine rings is 1. The molecule has 162 valence electrons. The van der Waals surface area contributed by atoms with Gasteiger partial charge in [-0.15, -0.1) is 0 Å². The molecule has 3 rings (SSSR count). The first-order valence-electron chi connectivity index (χ1n) is 9.59. The lowest BCUT2D eigenvalue weighted by atomic mass is 10.3. The third-order valence-corrected chi connectivity index (χ3v) is 6.67. The number of hydrogen-bond donors (Lipinski definition) is 1. The van der Waals surface area contributed by atoms with Gasteiger partial charge in [0, 0.05) is 39.4 Å². The molecule has 2 aromatic rings. The van der Waals surface area contributed by atoms with Crippen LogP contribution in [0, 0.1) is 0 Å². The minimum absolute atomic E-state index is 0.124. The van der Waals surface area contributed by atoms with Crippen LogP contribution in [0.3, 0.4) is 0 Å². The van der Waals surface area contributed by atoms with Crippen molar-refractivity contribution in [2.45, 2.75) is 4.90 Å². The zero-order valence-corrected chi connectivity index (χ0v) is 17.9. The molecule has 0 saturated carbocycles. The van der Waals surface area contributed by atoms with Crippen molar-refractivity contribution in [2.24, 2.45) is 0 Å². The van der Waals surface area contributed by atoms with Crippen molar-refractivity contribution < 1.29 is 22.7 Å². The lowest BCUT2D eigenvalue weighted by molar-refractivity contribution is 0.0383. The highest BCUT2D eigenvalue weighted by molar-refractivity contribution is 7.92. The maximum Gasteiger partial charge on any atom is 0.269 e. The van der Waals surface area contributed by atoms with Crippen molar-refractivity contribution in [3.63, 3.8) is 0 Å². The number of nitrogens with one attached hydrogen (secondary N) is 1. The van der Waals surface area contributed by atoms with Crippen LogP contribution in [0.1, 0.15) is 10.5 Å². The second-order valence-electron chi connectivity index (χ2n) is 6.76. The summed E-state index contributed by atoms with van der Waals surface area (Å²) in [6.07, 6.45) is 1.42. The molecule has 1 fully saturated rings. The fraction of sp³-hybridized carbons (Fsp3) is 0.400. The average molecular weight is 435 g/mol. The van der Waals surface area contributed by atoms with Gasteiger partial charge in [-0.3, -0.25) is 19.0 Å². The second-order valence-corrected chi connectivity index (χ2v) is 8.73. The summed E-state index contributed by atoms with van der Waals surface area (Å²) < 4.78 is 37.3. The van der Waals surface area contributed by atoms with E-state index in [-0.39, 0.29) is 16.5 Å². The molecule has 0 radical (unpaired) electrons. The first-order valence-corrected chi connectivity index (χ1v) is 11.0. The Bertz CT molecular complexity index is 959. The first kappa shape index (κ1) is 22.0. The number of anilines is 1. The Morgan fingerprint density at radius 3 is 2.60 bits per heavy atom. The molecular formula is C20H26N4O5S. The number of methoxy groups -OCH3 is 1. The van der Waals surface area contributed by atoms with Crippen LogP contribution in [0.2, 0.25) is 0 Å². The van der Waals surface area contributed by atoms with Crippen molar-refractivity contribution >= 4 is 21.6 Å². The quantitative estimate of drug-likeness (QED) is 0.661. The van der Waals surface area contributed by atoms with E-state index in [0.717, 1.165) is 23.9 Å². The highest BCUT2D eigenvalue weighted by Crippen LogP contribution is 2.23. The van der Waals surface area contributed by atoms with E-state index in [4.69, 9.17) is 9.47 Å². The van der Waals surface area contributed by atoms with E-state index < -0.39 is 10.0 Å². The summed E-state index contributed by atoms with van der Waals surface area (Å²) in [7, 11) is -0.838. The van der Waals surface area contributed by atoms with Gasteiger partial charge in [-0.05, 0) is 36.4 Å². The van der Waals surface area contributed by atoms with Gasteiger partial charge in [0.1, 0.15) is 11.4 Å². The Morgan fingerprint density at radius 2 is 1.93 bits per heavy atom. The number of aromatic nitrogens is 1. The zero-order valence-electron chi connectivity index (χ0n) is 17.1. The Labute approximate surface area is 176 Å². The third-order valence-electron chi connectivity index (χ3n) is 4.87. The minimum atomic E-state index is -3.79. The van der Waals surface area contributed by atoms with Crippen LogP contribution in [0.25, 0.3) is 0 Å². The fourth-order valence-electron chi connectivity index (χ4n) is 3.03. The molecule has 0 atom stereocenters. The molecule has 0 spiro atoms. The summed E-state index contributed by atoms with van der Waals surface area (Å²) in [5.41, 5.74) is 0.505. The van der Waals surface area contributed by atoms with E-state index >= 15 is 0 Å². The fourth-order valence-corrected chi connectivity index (χ4v) is 4.21. The summed E-state index contributed by atoms with van der Waals surface area (Å²) in [6, 6.07) is 9.13. The number of carbonyl (C=O) groups is 1. The van der Waals surface area contributed by atoms with Gasteiger partial charge in [0.15, 0.2) is 0 Å². The van der Waals surface area contributed by atoms with Gasteiger partial charge in [-0.2, -0.15) is 0 Å². The smallest absolute Gasteiger partial charge is 0.269 e. The Hall–Kier alpha value is -2.69. The number of amides is 1. The van der Waals surface area contributed by atoms with Crippen molar-refractivity contribution in [3.05, 3.63) is 48.3 Å². The second kappa shape index (κ2) is 9.88. The molecule has 1 aromatic heterocycles. The molecule has 0 aliphatic carbocycles. The number of rotatable bonds is 8. The predicted molar refractivity (Wildman–Crippen MR) is 112 cm³/mol. The average Bonchev–Trinajstić information content (AvgIpc) is 2.79. The molecule has 30 heavy (non-hydrogen) atoms. The van der Waals surface area contributed by atoms with E-state index in [1.54, 1.807) is 18.2 Å². The van der Waals surface area contributed by atoms with Crippen LogP contribution >= 0.6 is 0 Å². The topological polar surface area (TPSA) is 101 Å². The van der Waals surface area contributed by atoms with Crippen LogP contribution in [-0.2, 0) is 14.8 Å². The molecular weight excluding hydrogens is 408 g/mol. The Kier molecular flexibility index (Phi) is 7.24. The Morgan fingerprint density at radius 1 is 1.23 bits per heavy atom. The maximum atomic E-state index is 12.9. The van der Waals surface area contributed by atoms with Gasteiger partial charge >= 0.3 is 0 Å². The molecule has 1 amide bonds. The van der Waals surface area contributed by atoms with E-state index in [1.165, 1.54) is 38.6 Å². The molecule has 2 heterocycles. The number of carbonyl (C=O) groups excluding carboxylic acids is 1. The van der Waals surface area contributed by atoms with E-state index in [0.29, 0.717) is 31.2 Å². The summed E-state index contributed by atoms with van der Waals surface area (Å²) in [5.74, 6) is 0.219. The SMILES string of the molecule is COc1ccc(S(=O)(=O)N(C)c2ccnc(C(=O)NCCN3CCOCC3)c2)cc1. The van der Waals surface area contributed by atoms with Crippen LogP contribution in [0.15, 0.2) is 47.5 Å². The predicted octanol–water partition coefficient (Wildman–Crippen LogP) is 0.977. The van der Waals surface area contributed by atoms with Gasteiger partial charge in [0.2, 0.25) is 0 Å². The number of benzene rings is 1. The molecule has 1 aliphatic rings. The molecule has 1 saturated heterocycles. The lowest BCUT2D eigenvalue weighted by Crippen LogP contribution is -2.41. The van der Waals surface area contributed by atoms with Crippen molar-refractivity contribution in [1.29, 1.82) is 0 Å². The van der Waals surface area contributed by atoms with E-state index in [2.05, 4.69) is 15.2 Å². The summed E-state index contributed by atoms with van der Waals surface area (Å²) in [5, 5.41) is 2.83. The Balaban J connectivity index is 1.66. The lowest BCUT2D eigenvalue weighted by Gasteiger charge is -2.26. The summed E-state index contributed by atoms with van der Waals surface area (Å²) in [6.45, 7) is 4.29. The standard InChI is InChI=1S/C20H26N4O5S/c1-23(30(26,27)18-5-3-17(28-2)4-6-18)16-7-8-21-19(15-16)20(25)22-9-10-24-11-13-29-14-12-24/h3-8,15H,9-14H2,1-2H3,(H,22,25). The maximum absolute atomic E-state index is 12.9. The van der Waals surface area contributed by atoms with Crippen LogP contribution in [0.4, 0.5) is 5.69 Å². The van der Waals surface area contributed by atoms with Crippen LogP contribution in [0.5, 0.6) is 5.75 Å². The number of pyridine rings is 1. The van der Waals surface area contributed by atoms with Gasteiger partial charge in [0.05, 0.1) is 30.9 Å². The van der Waals surface area contributed by atoms with Gasteiger partial charge in [-0.1, -0.05) is 0 Å². The highest BCUT2D eigenvalue weighted by atomic mass is 32.2.